The zero-order chi connectivity index (χ0) is 14.7. The van der Waals surface area contributed by atoms with E-state index in [2.05, 4.69) is 58.3 Å². The van der Waals surface area contributed by atoms with Gasteiger partial charge < -0.3 is 10.1 Å². The molecule has 1 N–H and O–H groups in total. The van der Waals surface area contributed by atoms with Gasteiger partial charge in [-0.15, -0.1) is 0 Å². The smallest absolute Gasteiger partial charge is 0.127 e. The maximum absolute atomic E-state index is 5.62. The molecule has 0 saturated carbocycles. The van der Waals surface area contributed by atoms with Gasteiger partial charge in [-0.1, -0.05) is 12.1 Å². The molecule has 0 aliphatic rings. The average Bonchev–Trinajstić information content (AvgIpc) is 2.44. The van der Waals surface area contributed by atoms with E-state index >= 15 is 0 Å². The number of hydrogen-bond donors (Lipinski definition) is 1. The quantitative estimate of drug-likeness (QED) is 0.923. The third-order valence-corrected chi connectivity index (χ3v) is 4.00. The Morgan fingerprint density at radius 1 is 1.25 bits per heavy atom. The van der Waals surface area contributed by atoms with Gasteiger partial charge in [0.25, 0.3) is 0 Å². The number of benzene rings is 1. The summed E-state index contributed by atoms with van der Waals surface area (Å²) >= 11 is 3.47. The third-order valence-electron chi connectivity index (χ3n) is 3.57. The Bertz CT molecular complexity index is 613. The lowest BCUT2D eigenvalue weighted by atomic mass is 9.95. The highest BCUT2D eigenvalue weighted by Gasteiger charge is 2.19. The van der Waals surface area contributed by atoms with Crippen molar-refractivity contribution in [3.05, 3.63) is 57.3 Å². The number of rotatable bonds is 4. The van der Waals surface area contributed by atoms with Gasteiger partial charge in [-0.2, -0.15) is 0 Å². The summed E-state index contributed by atoms with van der Waals surface area (Å²) in [4.78, 5) is 4.25. The lowest BCUT2D eigenvalue weighted by Gasteiger charge is -2.22. The number of ether oxygens (including phenoxy) is 1. The number of nitrogens with zero attached hydrogens (tertiary/aromatic N) is 1. The van der Waals surface area contributed by atoms with Crippen LogP contribution in [-0.4, -0.2) is 19.1 Å². The molecule has 2 aromatic rings. The molecule has 0 aliphatic heterocycles. The summed E-state index contributed by atoms with van der Waals surface area (Å²) in [5.74, 6) is 0.935. The van der Waals surface area contributed by atoms with Gasteiger partial charge in [-0.3, -0.25) is 4.98 Å². The molecule has 1 heterocycles. The molecule has 1 unspecified atom stereocenters. The van der Waals surface area contributed by atoms with Crippen molar-refractivity contribution < 1.29 is 4.74 Å². The molecule has 0 bridgehead atoms. The van der Waals surface area contributed by atoms with E-state index in [0.717, 1.165) is 21.3 Å². The van der Waals surface area contributed by atoms with E-state index in [4.69, 9.17) is 4.74 Å². The van der Waals surface area contributed by atoms with Crippen LogP contribution in [0.4, 0.5) is 0 Å². The van der Waals surface area contributed by atoms with E-state index in [9.17, 15) is 0 Å². The van der Waals surface area contributed by atoms with Crippen LogP contribution in [0.25, 0.3) is 0 Å². The first-order chi connectivity index (χ1) is 9.58. The Balaban J connectivity index is 2.55. The second-order valence-corrected chi connectivity index (χ2v) is 5.70. The molecule has 0 saturated heterocycles. The van der Waals surface area contributed by atoms with Gasteiger partial charge in [-0.25, -0.2) is 0 Å². The van der Waals surface area contributed by atoms with Crippen LogP contribution in [0.3, 0.4) is 0 Å². The average molecular weight is 335 g/mol. The van der Waals surface area contributed by atoms with E-state index in [1.54, 1.807) is 13.3 Å². The van der Waals surface area contributed by atoms with Crippen LogP contribution in [0.2, 0.25) is 0 Å². The second-order valence-electron chi connectivity index (χ2n) is 4.79. The van der Waals surface area contributed by atoms with Gasteiger partial charge in [0.2, 0.25) is 0 Å². The highest BCUT2D eigenvalue weighted by molar-refractivity contribution is 9.10. The minimum Gasteiger partial charge on any atom is -0.496 e. The summed E-state index contributed by atoms with van der Waals surface area (Å²) in [6.45, 7) is 4.18. The molecule has 20 heavy (non-hydrogen) atoms. The molecule has 2 rings (SSSR count). The number of halogens is 1. The van der Waals surface area contributed by atoms with Crippen molar-refractivity contribution in [2.75, 3.05) is 14.2 Å². The molecule has 3 nitrogen and oxygen atoms in total. The maximum Gasteiger partial charge on any atom is 0.127 e. The van der Waals surface area contributed by atoms with Gasteiger partial charge in [-0.05, 0) is 59.6 Å². The molecule has 0 aliphatic carbocycles. The number of hydrogen-bond acceptors (Lipinski definition) is 3. The van der Waals surface area contributed by atoms with Crippen molar-refractivity contribution >= 4 is 15.9 Å². The van der Waals surface area contributed by atoms with Crippen molar-refractivity contribution in [1.29, 1.82) is 0 Å². The Morgan fingerprint density at radius 3 is 2.60 bits per heavy atom. The molecule has 0 fully saturated rings. The summed E-state index contributed by atoms with van der Waals surface area (Å²) < 4.78 is 6.59. The second kappa shape index (κ2) is 6.37. The van der Waals surface area contributed by atoms with Crippen LogP contribution < -0.4 is 10.1 Å². The zero-order valence-corrected chi connectivity index (χ0v) is 13.8. The first-order valence-electron chi connectivity index (χ1n) is 6.50. The first-order valence-corrected chi connectivity index (χ1v) is 7.29. The molecule has 4 heteroatoms. The molecule has 1 aromatic carbocycles. The van der Waals surface area contributed by atoms with E-state index in [1.807, 2.05) is 13.2 Å². The summed E-state index contributed by atoms with van der Waals surface area (Å²) in [5, 5.41) is 3.34. The van der Waals surface area contributed by atoms with E-state index in [-0.39, 0.29) is 6.04 Å². The lowest BCUT2D eigenvalue weighted by Crippen LogP contribution is -2.19. The molecule has 1 atom stereocenters. The van der Waals surface area contributed by atoms with E-state index < -0.39 is 0 Å². The Hall–Kier alpha value is -1.39. The van der Waals surface area contributed by atoms with Gasteiger partial charge >= 0.3 is 0 Å². The third kappa shape index (κ3) is 2.86. The number of aromatic nitrogens is 1. The molecular weight excluding hydrogens is 316 g/mol. The number of nitrogens with one attached hydrogen (secondary N) is 1. The van der Waals surface area contributed by atoms with Crippen LogP contribution in [0.5, 0.6) is 5.75 Å². The topological polar surface area (TPSA) is 34.2 Å². The summed E-state index contributed by atoms with van der Waals surface area (Å²) in [5.41, 5.74) is 4.63. The first kappa shape index (κ1) is 15.0. The Morgan fingerprint density at radius 2 is 2.00 bits per heavy atom. The molecule has 0 amide bonds. The molecule has 0 spiro atoms. The molecular formula is C16H19BrN2O. The maximum atomic E-state index is 5.62. The summed E-state index contributed by atoms with van der Waals surface area (Å²) in [6.07, 6.45) is 3.66. The van der Waals surface area contributed by atoms with E-state index in [0.29, 0.717) is 0 Å². The highest BCUT2D eigenvalue weighted by Crippen LogP contribution is 2.34. The Labute approximate surface area is 128 Å². The van der Waals surface area contributed by atoms with Crippen molar-refractivity contribution in [2.45, 2.75) is 19.9 Å². The minimum atomic E-state index is 0.0502. The van der Waals surface area contributed by atoms with Gasteiger partial charge in [0.15, 0.2) is 0 Å². The van der Waals surface area contributed by atoms with Crippen molar-refractivity contribution in [3.63, 3.8) is 0 Å². The normalized spacial score (nSPS) is 12.2. The summed E-state index contributed by atoms with van der Waals surface area (Å²) in [6, 6.07) is 6.36. The predicted octanol–water partition coefficient (Wildman–Crippen LogP) is 3.78. The largest absolute Gasteiger partial charge is 0.496 e. The molecule has 0 radical (unpaired) electrons. The van der Waals surface area contributed by atoms with Gasteiger partial charge in [0, 0.05) is 22.4 Å². The Kier molecular flexibility index (Phi) is 4.78. The van der Waals surface area contributed by atoms with Gasteiger partial charge in [0.05, 0.1) is 13.2 Å². The van der Waals surface area contributed by atoms with Crippen LogP contribution in [0.1, 0.15) is 28.3 Å². The number of methoxy groups -OCH3 is 1. The fourth-order valence-corrected chi connectivity index (χ4v) is 2.78. The fraction of sp³-hybridized carbons (Fsp3) is 0.312. The van der Waals surface area contributed by atoms with E-state index in [1.165, 1.54) is 11.1 Å². The lowest BCUT2D eigenvalue weighted by molar-refractivity contribution is 0.402. The number of pyridine rings is 1. The van der Waals surface area contributed by atoms with Gasteiger partial charge in [0.1, 0.15) is 5.75 Å². The fourth-order valence-electron chi connectivity index (χ4n) is 2.40. The molecule has 106 valence electrons. The van der Waals surface area contributed by atoms with Crippen LogP contribution in [0.15, 0.2) is 35.1 Å². The van der Waals surface area contributed by atoms with Crippen molar-refractivity contribution in [3.8, 4) is 5.75 Å². The predicted molar refractivity (Wildman–Crippen MR) is 85.3 cm³/mol. The minimum absolute atomic E-state index is 0.0502. The SMILES string of the molecule is CNC(c1cncc(Br)c1)c1ccc(C)c(C)c1OC. The zero-order valence-electron chi connectivity index (χ0n) is 12.2. The van der Waals surface area contributed by atoms with Crippen molar-refractivity contribution in [1.82, 2.24) is 10.3 Å². The van der Waals surface area contributed by atoms with Crippen molar-refractivity contribution in [2.24, 2.45) is 0 Å². The van der Waals surface area contributed by atoms with Crippen LogP contribution in [0, 0.1) is 13.8 Å². The highest BCUT2D eigenvalue weighted by atomic mass is 79.9. The molecule has 1 aromatic heterocycles. The monoisotopic (exact) mass is 334 g/mol. The summed E-state index contributed by atoms with van der Waals surface area (Å²) in [7, 11) is 3.66. The standard InChI is InChI=1S/C16H19BrN2O/c1-10-5-6-14(16(20-4)11(10)2)15(18-3)12-7-13(17)9-19-8-12/h5-9,15,18H,1-4H3. The van der Waals surface area contributed by atoms with Crippen LogP contribution >= 0.6 is 15.9 Å². The number of aryl methyl sites for hydroxylation is 1. The van der Waals surface area contributed by atoms with Crippen LogP contribution in [-0.2, 0) is 0 Å².